The monoisotopic (exact) mass is 281 g/mol. The maximum absolute atomic E-state index is 5.77. The minimum absolute atomic E-state index is 0.0788. The summed E-state index contributed by atoms with van der Waals surface area (Å²) in [7, 11) is 0. The number of hydrogen-bond acceptors (Lipinski definition) is 5. The smallest absolute Gasteiger partial charge is 0.246 e. The van der Waals surface area contributed by atoms with Crippen LogP contribution in [0.1, 0.15) is 45.6 Å². The molecule has 2 rings (SSSR count). The zero-order valence-corrected chi connectivity index (χ0v) is 13.3. The van der Waals surface area contributed by atoms with Gasteiger partial charge in [-0.3, -0.25) is 4.90 Å². The molecule has 1 aromatic rings. The maximum atomic E-state index is 5.77. The van der Waals surface area contributed by atoms with E-state index in [4.69, 9.17) is 9.15 Å². The highest BCUT2D eigenvalue weighted by Crippen LogP contribution is 2.26. The summed E-state index contributed by atoms with van der Waals surface area (Å²) in [4.78, 5) is 2.47. The fraction of sp³-hybridized carbons (Fsp3) is 0.867. The van der Waals surface area contributed by atoms with E-state index in [1.54, 1.807) is 0 Å². The average Bonchev–Trinajstić information content (AvgIpc) is 2.82. The van der Waals surface area contributed by atoms with E-state index >= 15 is 0 Å². The van der Waals surface area contributed by atoms with Gasteiger partial charge >= 0.3 is 0 Å². The van der Waals surface area contributed by atoms with Gasteiger partial charge in [0, 0.05) is 26.6 Å². The molecule has 114 valence electrons. The molecule has 5 heteroatoms. The van der Waals surface area contributed by atoms with Gasteiger partial charge in [-0.05, 0) is 17.8 Å². The predicted octanol–water partition coefficient (Wildman–Crippen LogP) is 2.68. The fourth-order valence-corrected chi connectivity index (χ4v) is 2.95. The Morgan fingerprint density at radius 3 is 2.45 bits per heavy atom. The van der Waals surface area contributed by atoms with Crippen LogP contribution in [0.5, 0.6) is 0 Å². The third-order valence-corrected chi connectivity index (χ3v) is 4.15. The standard InChI is InChI=1S/C15H27N3O2/c1-10(2)13(11(3)4)8-18-6-7-19-14(9-18)15-17-16-12(5)20-15/h10-11,13-14H,6-9H2,1-5H3. The summed E-state index contributed by atoms with van der Waals surface area (Å²) >= 11 is 0. The summed E-state index contributed by atoms with van der Waals surface area (Å²) in [6, 6.07) is 0. The third kappa shape index (κ3) is 3.79. The molecule has 0 radical (unpaired) electrons. The van der Waals surface area contributed by atoms with Gasteiger partial charge in [0.1, 0.15) is 6.10 Å². The number of hydrogen-bond donors (Lipinski definition) is 0. The molecule has 1 aliphatic heterocycles. The van der Waals surface area contributed by atoms with Crippen LogP contribution < -0.4 is 0 Å². The Kier molecular flexibility index (Phi) is 5.16. The van der Waals surface area contributed by atoms with Crippen molar-refractivity contribution in [2.45, 2.75) is 40.7 Å². The minimum Gasteiger partial charge on any atom is -0.423 e. The zero-order valence-electron chi connectivity index (χ0n) is 13.3. The minimum atomic E-state index is -0.0788. The predicted molar refractivity (Wildman–Crippen MR) is 77.3 cm³/mol. The van der Waals surface area contributed by atoms with E-state index < -0.39 is 0 Å². The lowest BCUT2D eigenvalue weighted by Gasteiger charge is -2.36. The van der Waals surface area contributed by atoms with Crippen LogP contribution in [-0.2, 0) is 4.74 Å². The van der Waals surface area contributed by atoms with Crippen LogP contribution >= 0.6 is 0 Å². The topological polar surface area (TPSA) is 51.4 Å². The molecule has 0 saturated carbocycles. The molecule has 5 nitrogen and oxygen atoms in total. The van der Waals surface area contributed by atoms with Gasteiger partial charge in [-0.25, -0.2) is 0 Å². The first-order valence-electron chi connectivity index (χ1n) is 7.61. The molecule has 0 aliphatic carbocycles. The molecule has 1 atom stereocenters. The van der Waals surface area contributed by atoms with Gasteiger partial charge in [-0.1, -0.05) is 27.7 Å². The second-order valence-corrected chi connectivity index (χ2v) is 6.43. The molecular formula is C15H27N3O2. The van der Waals surface area contributed by atoms with Crippen molar-refractivity contribution >= 4 is 0 Å². The summed E-state index contributed by atoms with van der Waals surface area (Å²) in [5.74, 6) is 3.31. The van der Waals surface area contributed by atoms with Crippen molar-refractivity contribution in [2.75, 3.05) is 26.2 Å². The number of aryl methyl sites for hydroxylation is 1. The Bertz CT molecular complexity index is 409. The first kappa shape index (κ1) is 15.4. The molecule has 0 aromatic carbocycles. The van der Waals surface area contributed by atoms with Crippen molar-refractivity contribution in [1.82, 2.24) is 15.1 Å². The van der Waals surface area contributed by atoms with Crippen molar-refractivity contribution in [3.8, 4) is 0 Å². The fourth-order valence-electron chi connectivity index (χ4n) is 2.95. The Morgan fingerprint density at radius 2 is 1.90 bits per heavy atom. The largest absolute Gasteiger partial charge is 0.423 e. The molecule has 0 amide bonds. The van der Waals surface area contributed by atoms with Crippen LogP contribution in [0.3, 0.4) is 0 Å². The van der Waals surface area contributed by atoms with Gasteiger partial charge in [0.05, 0.1) is 6.61 Å². The lowest BCUT2D eigenvalue weighted by molar-refractivity contribution is -0.0509. The summed E-state index contributed by atoms with van der Waals surface area (Å²) < 4.78 is 11.3. The zero-order chi connectivity index (χ0) is 14.7. The first-order valence-corrected chi connectivity index (χ1v) is 7.61. The second kappa shape index (κ2) is 6.68. The van der Waals surface area contributed by atoms with Gasteiger partial charge in [0.2, 0.25) is 11.8 Å². The van der Waals surface area contributed by atoms with Gasteiger partial charge in [0.15, 0.2) is 0 Å². The van der Waals surface area contributed by atoms with Crippen molar-refractivity contribution < 1.29 is 9.15 Å². The Morgan fingerprint density at radius 1 is 1.20 bits per heavy atom. The highest BCUT2D eigenvalue weighted by molar-refractivity contribution is 4.89. The van der Waals surface area contributed by atoms with E-state index in [9.17, 15) is 0 Å². The van der Waals surface area contributed by atoms with Crippen LogP contribution in [0.2, 0.25) is 0 Å². The highest BCUT2D eigenvalue weighted by Gasteiger charge is 2.29. The van der Waals surface area contributed by atoms with Crippen LogP contribution in [0, 0.1) is 24.7 Å². The number of nitrogens with zero attached hydrogens (tertiary/aromatic N) is 3. The highest BCUT2D eigenvalue weighted by atomic mass is 16.5. The quantitative estimate of drug-likeness (QED) is 0.830. The van der Waals surface area contributed by atoms with E-state index in [1.807, 2.05) is 6.92 Å². The van der Waals surface area contributed by atoms with Crippen molar-refractivity contribution in [3.63, 3.8) is 0 Å². The molecule has 1 aliphatic rings. The molecule has 1 unspecified atom stereocenters. The molecule has 0 spiro atoms. The number of aromatic nitrogens is 2. The van der Waals surface area contributed by atoms with E-state index in [0.29, 0.717) is 29.5 Å². The second-order valence-electron chi connectivity index (χ2n) is 6.43. The van der Waals surface area contributed by atoms with Gasteiger partial charge in [0.25, 0.3) is 0 Å². The summed E-state index contributed by atoms with van der Waals surface area (Å²) in [5.41, 5.74) is 0. The van der Waals surface area contributed by atoms with Crippen molar-refractivity contribution in [1.29, 1.82) is 0 Å². The molecule has 1 fully saturated rings. The lowest BCUT2D eigenvalue weighted by atomic mass is 9.85. The SMILES string of the molecule is Cc1nnc(C2CN(CC(C(C)C)C(C)C)CCO2)o1. The Labute approximate surface area is 121 Å². The van der Waals surface area contributed by atoms with E-state index in [-0.39, 0.29) is 6.10 Å². The molecule has 2 heterocycles. The van der Waals surface area contributed by atoms with Gasteiger partial charge in [-0.2, -0.15) is 0 Å². The number of rotatable bonds is 5. The maximum Gasteiger partial charge on any atom is 0.246 e. The normalized spacial score (nSPS) is 21.3. The number of ether oxygens (including phenoxy) is 1. The van der Waals surface area contributed by atoms with Crippen LogP contribution in [-0.4, -0.2) is 41.3 Å². The summed E-state index contributed by atoms with van der Waals surface area (Å²) in [6.07, 6.45) is -0.0788. The molecule has 1 saturated heterocycles. The van der Waals surface area contributed by atoms with Gasteiger partial charge < -0.3 is 9.15 Å². The Hall–Kier alpha value is -0.940. The third-order valence-electron chi connectivity index (χ3n) is 4.15. The lowest BCUT2D eigenvalue weighted by Crippen LogP contribution is -2.43. The van der Waals surface area contributed by atoms with Crippen LogP contribution in [0.4, 0.5) is 0 Å². The Balaban J connectivity index is 1.96. The van der Waals surface area contributed by atoms with Crippen molar-refractivity contribution in [2.24, 2.45) is 17.8 Å². The summed E-state index contributed by atoms with van der Waals surface area (Å²) in [6.45, 7) is 14.7. The van der Waals surface area contributed by atoms with Crippen molar-refractivity contribution in [3.05, 3.63) is 11.8 Å². The molecule has 20 heavy (non-hydrogen) atoms. The summed E-state index contributed by atoms with van der Waals surface area (Å²) in [5, 5.41) is 7.97. The average molecular weight is 281 g/mol. The van der Waals surface area contributed by atoms with E-state index in [0.717, 1.165) is 26.2 Å². The van der Waals surface area contributed by atoms with Crippen LogP contribution in [0.15, 0.2) is 4.42 Å². The van der Waals surface area contributed by atoms with Crippen LogP contribution in [0.25, 0.3) is 0 Å². The molecular weight excluding hydrogens is 254 g/mol. The number of morpholine rings is 1. The first-order chi connectivity index (χ1) is 9.47. The van der Waals surface area contributed by atoms with E-state index in [2.05, 4.69) is 42.8 Å². The van der Waals surface area contributed by atoms with Gasteiger partial charge in [-0.15, -0.1) is 10.2 Å². The van der Waals surface area contributed by atoms with E-state index in [1.165, 1.54) is 0 Å². The molecule has 0 N–H and O–H groups in total. The molecule has 0 bridgehead atoms. The molecule has 1 aromatic heterocycles.